The molecular weight excluding hydrogens is 268 g/mol. The van der Waals surface area contributed by atoms with Gasteiger partial charge in [-0.05, 0) is 32.6 Å². The van der Waals surface area contributed by atoms with Crippen LogP contribution in [0.5, 0.6) is 0 Å². The average Bonchev–Trinajstić information content (AvgIpc) is 2.23. The van der Waals surface area contributed by atoms with Crippen molar-refractivity contribution in [1.29, 1.82) is 0 Å². The lowest BCUT2D eigenvalue weighted by Crippen LogP contribution is -2.47. The number of carbonyl (C=O) groups is 1. The van der Waals surface area contributed by atoms with Gasteiger partial charge in [0.1, 0.15) is 0 Å². The van der Waals surface area contributed by atoms with Crippen LogP contribution in [0.3, 0.4) is 0 Å². The maximum atomic E-state index is 12.0. The minimum absolute atomic E-state index is 0.0211. The van der Waals surface area contributed by atoms with E-state index in [9.17, 15) is 13.2 Å². The monoisotopic (exact) mass is 292 g/mol. The lowest BCUT2D eigenvalue weighted by atomic mass is 9.96. The van der Waals surface area contributed by atoms with Gasteiger partial charge in [0.05, 0.1) is 0 Å². The highest BCUT2D eigenvalue weighted by atomic mass is 32.2. The van der Waals surface area contributed by atoms with Gasteiger partial charge >= 0.3 is 0 Å². The summed E-state index contributed by atoms with van der Waals surface area (Å²) >= 11 is 0. The highest BCUT2D eigenvalue weighted by Crippen LogP contribution is 2.18. The molecule has 0 aromatic heterocycles. The quantitative estimate of drug-likeness (QED) is 0.611. The van der Waals surface area contributed by atoms with E-state index in [-0.39, 0.29) is 18.4 Å². The summed E-state index contributed by atoms with van der Waals surface area (Å²) in [7, 11) is -3.66. The molecule has 0 bridgehead atoms. The van der Waals surface area contributed by atoms with Crippen molar-refractivity contribution in [2.45, 2.75) is 38.6 Å². The van der Waals surface area contributed by atoms with Crippen molar-refractivity contribution in [2.75, 3.05) is 19.6 Å². The van der Waals surface area contributed by atoms with Crippen molar-refractivity contribution >= 4 is 16.1 Å². The van der Waals surface area contributed by atoms with Crippen LogP contribution in [0.1, 0.15) is 33.1 Å². The molecule has 0 spiro atoms. The summed E-state index contributed by atoms with van der Waals surface area (Å²) in [5, 5.41) is 4.89. The number of nitrogens with two attached hydrogens (primary N) is 2. The van der Waals surface area contributed by atoms with Gasteiger partial charge in [0, 0.05) is 31.6 Å². The summed E-state index contributed by atoms with van der Waals surface area (Å²) in [5.41, 5.74) is 5.31. The number of hydrogen-bond acceptors (Lipinski definition) is 4. The standard InChI is InChI=1S/C11H24N4O3S/c1-11(2,12)6-10(16)15-5-3-4-9(8-15)7-14-19(13,17)18/h9,14H,3-8,12H2,1-2H3,(H2,13,17,18). The Bertz CT molecular complexity index is 416. The van der Waals surface area contributed by atoms with Gasteiger partial charge in [-0.15, -0.1) is 0 Å². The minimum atomic E-state index is -3.66. The lowest BCUT2D eigenvalue weighted by molar-refractivity contribution is -0.133. The molecule has 1 atom stereocenters. The molecule has 5 N–H and O–H groups in total. The number of carbonyl (C=O) groups excluding carboxylic acids is 1. The first kappa shape index (κ1) is 16.4. The van der Waals surface area contributed by atoms with Crippen LogP contribution in [0.4, 0.5) is 0 Å². The zero-order valence-corrected chi connectivity index (χ0v) is 12.4. The first-order valence-corrected chi connectivity index (χ1v) is 7.95. The summed E-state index contributed by atoms with van der Waals surface area (Å²) in [4.78, 5) is 13.8. The van der Waals surface area contributed by atoms with Gasteiger partial charge in [-0.25, -0.2) is 9.86 Å². The normalized spacial score (nSPS) is 21.5. The summed E-state index contributed by atoms with van der Waals surface area (Å²) in [6.07, 6.45) is 2.05. The second-order valence-corrected chi connectivity index (χ2v) is 7.29. The number of nitrogens with one attached hydrogen (secondary N) is 1. The Balaban J connectivity index is 2.48. The third-order valence-corrected chi connectivity index (χ3v) is 3.62. The average molecular weight is 292 g/mol. The molecule has 1 unspecified atom stereocenters. The molecule has 1 amide bonds. The van der Waals surface area contributed by atoms with E-state index in [1.54, 1.807) is 4.90 Å². The van der Waals surface area contributed by atoms with Crippen LogP contribution in [-0.2, 0) is 15.0 Å². The molecule has 1 rings (SSSR count). The van der Waals surface area contributed by atoms with Gasteiger partial charge in [-0.2, -0.15) is 8.42 Å². The van der Waals surface area contributed by atoms with Crippen molar-refractivity contribution in [3.8, 4) is 0 Å². The molecule has 0 aromatic carbocycles. The number of likely N-dealkylation sites (tertiary alicyclic amines) is 1. The van der Waals surface area contributed by atoms with Crippen LogP contribution in [0.25, 0.3) is 0 Å². The first-order valence-electron chi connectivity index (χ1n) is 6.41. The predicted octanol–water partition coefficient (Wildman–Crippen LogP) is -0.854. The molecular formula is C11H24N4O3S. The van der Waals surface area contributed by atoms with E-state index in [2.05, 4.69) is 4.72 Å². The van der Waals surface area contributed by atoms with Crippen LogP contribution in [0.2, 0.25) is 0 Å². The topological polar surface area (TPSA) is 119 Å². The van der Waals surface area contributed by atoms with E-state index in [0.29, 0.717) is 19.5 Å². The number of hydrogen-bond donors (Lipinski definition) is 3. The zero-order chi connectivity index (χ0) is 14.7. The molecule has 0 radical (unpaired) electrons. The fraction of sp³-hybridized carbons (Fsp3) is 0.909. The Hall–Kier alpha value is -0.700. The van der Waals surface area contributed by atoms with E-state index < -0.39 is 15.7 Å². The highest BCUT2D eigenvalue weighted by molar-refractivity contribution is 7.87. The Morgan fingerprint density at radius 3 is 2.63 bits per heavy atom. The molecule has 19 heavy (non-hydrogen) atoms. The minimum Gasteiger partial charge on any atom is -0.342 e. The predicted molar refractivity (Wildman–Crippen MR) is 73.3 cm³/mol. The highest BCUT2D eigenvalue weighted by Gasteiger charge is 2.27. The van der Waals surface area contributed by atoms with Crippen LogP contribution in [0, 0.1) is 5.92 Å². The van der Waals surface area contributed by atoms with Gasteiger partial charge < -0.3 is 10.6 Å². The third kappa shape index (κ3) is 6.86. The SMILES string of the molecule is CC(C)(N)CC(=O)N1CCCC(CNS(N)(=O)=O)C1. The van der Waals surface area contributed by atoms with E-state index in [0.717, 1.165) is 12.8 Å². The molecule has 8 heteroatoms. The molecule has 0 aliphatic carbocycles. The molecule has 1 aliphatic heterocycles. The Morgan fingerprint density at radius 2 is 2.11 bits per heavy atom. The first-order chi connectivity index (χ1) is 8.57. The van der Waals surface area contributed by atoms with E-state index in [1.165, 1.54) is 0 Å². The van der Waals surface area contributed by atoms with Gasteiger partial charge in [0.25, 0.3) is 10.2 Å². The molecule has 1 heterocycles. The van der Waals surface area contributed by atoms with Gasteiger partial charge in [0.2, 0.25) is 5.91 Å². The largest absolute Gasteiger partial charge is 0.342 e. The maximum absolute atomic E-state index is 12.0. The molecule has 1 aliphatic rings. The fourth-order valence-corrected chi connectivity index (χ4v) is 2.66. The van der Waals surface area contributed by atoms with Crippen LogP contribution < -0.4 is 15.6 Å². The van der Waals surface area contributed by atoms with Crippen molar-refractivity contribution in [1.82, 2.24) is 9.62 Å². The Morgan fingerprint density at radius 1 is 1.47 bits per heavy atom. The van der Waals surface area contributed by atoms with Gasteiger partial charge in [-0.1, -0.05) is 0 Å². The summed E-state index contributed by atoms with van der Waals surface area (Å²) in [6, 6.07) is 0. The Kier molecular flexibility index (Phi) is 5.31. The summed E-state index contributed by atoms with van der Waals surface area (Å²) in [5.74, 6) is 0.129. The van der Waals surface area contributed by atoms with E-state index >= 15 is 0 Å². The van der Waals surface area contributed by atoms with Gasteiger partial charge in [0.15, 0.2) is 0 Å². The van der Waals surface area contributed by atoms with Gasteiger partial charge in [-0.3, -0.25) is 4.79 Å². The van der Waals surface area contributed by atoms with Crippen molar-refractivity contribution < 1.29 is 13.2 Å². The smallest absolute Gasteiger partial charge is 0.274 e. The van der Waals surface area contributed by atoms with E-state index in [1.807, 2.05) is 13.8 Å². The van der Waals surface area contributed by atoms with Crippen molar-refractivity contribution in [3.63, 3.8) is 0 Å². The number of piperidine rings is 1. The molecule has 1 fully saturated rings. The number of nitrogens with zero attached hydrogens (tertiary/aromatic N) is 1. The second kappa shape index (κ2) is 6.17. The van der Waals surface area contributed by atoms with Crippen LogP contribution in [-0.4, -0.2) is 44.4 Å². The Labute approximate surface area is 114 Å². The van der Waals surface area contributed by atoms with Crippen molar-refractivity contribution in [3.05, 3.63) is 0 Å². The van der Waals surface area contributed by atoms with Crippen LogP contribution >= 0.6 is 0 Å². The zero-order valence-electron chi connectivity index (χ0n) is 11.6. The maximum Gasteiger partial charge on any atom is 0.274 e. The molecule has 1 saturated heterocycles. The van der Waals surface area contributed by atoms with E-state index in [4.69, 9.17) is 10.9 Å². The summed E-state index contributed by atoms with van der Waals surface area (Å²) in [6.45, 7) is 5.16. The summed E-state index contributed by atoms with van der Waals surface area (Å²) < 4.78 is 24.0. The molecule has 7 nitrogen and oxygen atoms in total. The second-order valence-electron chi connectivity index (χ2n) is 5.91. The third-order valence-electron chi connectivity index (χ3n) is 3.05. The molecule has 112 valence electrons. The fourth-order valence-electron chi connectivity index (χ4n) is 2.19. The number of rotatable bonds is 5. The number of amides is 1. The van der Waals surface area contributed by atoms with Crippen molar-refractivity contribution in [2.24, 2.45) is 16.8 Å². The molecule has 0 aromatic rings. The van der Waals surface area contributed by atoms with Crippen LogP contribution in [0.15, 0.2) is 0 Å². The lowest BCUT2D eigenvalue weighted by Gasteiger charge is -2.34. The molecule has 0 saturated carbocycles.